The lowest BCUT2D eigenvalue weighted by Gasteiger charge is -2.35. The normalized spacial score (nSPS) is 17.0. The lowest BCUT2D eigenvalue weighted by atomic mass is 9.92. The van der Waals surface area contributed by atoms with Crippen molar-refractivity contribution >= 4 is 22.9 Å². The second-order valence-corrected chi connectivity index (χ2v) is 8.24. The van der Waals surface area contributed by atoms with Gasteiger partial charge in [-0.15, -0.1) is 0 Å². The summed E-state index contributed by atoms with van der Waals surface area (Å²) in [6.45, 7) is 0.782. The van der Waals surface area contributed by atoms with Crippen LogP contribution in [-0.2, 0) is 11.2 Å². The van der Waals surface area contributed by atoms with Crippen LogP contribution in [0.5, 0.6) is 11.5 Å². The highest BCUT2D eigenvalue weighted by atomic mass is 19.1. The van der Waals surface area contributed by atoms with Gasteiger partial charge < -0.3 is 19.4 Å². The second kappa shape index (κ2) is 7.81. The summed E-state index contributed by atoms with van der Waals surface area (Å²) in [7, 11) is 0. The highest BCUT2D eigenvalue weighted by molar-refractivity contribution is 5.93. The van der Waals surface area contributed by atoms with Crippen molar-refractivity contribution in [2.24, 2.45) is 0 Å². The highest BCUT2D eigenvalue weighted by Gasteiger charge is 2.34. The summed E-state index contributed by atoms with van der Waals surface area (Å²) in [4.78, 5) is 18.8. The summed E-state index contributed by atoms with van der Waals surface area (Å²) in [6.07, 6.45) is 4.04. The Hall–Kier alpha value is -4.06. The third kappa shape index (κ3) is 3.44. The van der Waals surface area contributed by atoms with E-state index in [9.17, 15) is 9.18 Å². The number of hydrogen-bond acceptors (Lipinski definition) is 3. The Kier molecular flexibility index (Phi) is 4.64. The first-order chi connectivity index (χ1) is 16.2. The van der Waals surface area contributed by atoms with Crippen LogP contribution >= 0.6 is 0 Å². The van der Waals surface area contributed by atoms with Crippen LogP contribution in [-0.4, -0.2) is 29.1 Å². The van der Waals surface area contributed by atoms with E-state index in [1.54, 1.807) is 24.3 Å². The lowest BCUT2D eigenvalue weighted by Crippen LogP contribution is -2.39. The summed E-state index contributed by atoms with van der Waals surface area (Å²) in [6, 6.07) is 19.9. The molecule has 0 spiro atoms. The van der Waals surface area contributed by atoms with Crippen LogP contribution in [0.25, 0.3) is 17.0 Å². The van der Waals surface area contributed by atoms with Crippen molar-refractivity contribution in [3.8, 4) is 11.5 Å². The quantitative estimate of drug-likeness (QED) is 0.444. The molecule has 0 bridgehead atoms. The monoisotopic (exact) mass is 440 g/mol. The zero-order valence-corrected chi connectivity index (χ0v) is 17.8. The van der Waals surface area contributed by atoms with Crippen LogP contribution < -0.4 is 9.47 Å². The zero-order chi connectivity index (χ0) is 22.4. The molecular formula is C27H21FN2O3. The molecule has 1 amide bonds. The van der Waals surface area contributed by atoms with E-state index in [4.69, 9.17) is 9.47 Å². The van der Waals surface area contributed by atoms with E-state index >= 15 is 0 Å². The minimum absolute atomic E-state index is 0.105. The van der Waals surface area contributed by atoms with Crippen molar-refractivity contribution in [1.29, 1.82) is 0 Å². The number of para-hydroxylation sites is 1. The van der Waals surface area contributed by atoms with Crippen molar-refractivity contribution in [1.82, 2.24) is 9.88 Å². The maximum atomic E-state index is 13.4. The molecule has 0 saturated heterocycles. The first-order valence-electron chi connectivity index (χ1n) is 10.9. The molecule has 0 fully saturated rings. The van der Waals surface area contributed by atoms with E-state index in [1.807, 2.05) is 35.2 Å². The fourth-order valence-electron chi connectivity index (χ4n) is 4.75. The standard InChI is InChI=1S/C27H21FN2O3/c28-19-9-5-17(6-10-19)7-12-25(31)30-14-13-21-20-3-1-2-4-22(20)29-26(21)27(30)18-8-11-23-24(15-18)33-16-32-23/h1-12,15,27,29H,13-14,16H2/b12-7+. The van der Waals surface area contributed by atoms with Gasteiger partial charge in [-0.1, -0.05) is 36.4 Å². The number of halogens is 1. The lowest BCUT2D eigenvalue weighted by molar-refractivity contribution is -0.128. The molecule has 0 radical (unpaired) electrons. The minimum atomic E-state index is -0.302. The number of H-pyrrole nitrogens is 1. The third-order valence-electron chi connectivity index (χ3n) is 6.32. The van der Waals surface area contributed by atoms with Gasteiger partial charge in [-0.25, -0.2) is 4.39 Å². The molecule has 3 aromatic carbocycles. The van der Waals surface area contributed by atoms with Crippen molar-refractivity contribution < 1.29 is 18.7 Å². The van der Waals surface area contributed by atoms with Crippen LogP contribution in [0.1, 0.15) is 28.4 Å². The van der Waals surface area contributed by atoms with Crippen LogP contribution in [0.2, 0.25) is 0 Å². The molecule has 0 aliphatic carbocycles. The molecule has 2 aliphatic heterocycles. The Balaban J connectivity index is 1.42. The molecule has 1 N–H and O–H groups in total. The predicted octanol–water partition coefficient (Wildman–Crippen LogP) is 5.22. The van der Waals surface area contributed by atoms with Crippen molar-refractivity contribution in [3.63, 3.8) is 0 Å². The number of hydrogen-bond donors (Lipinski definition) is 1. The molecule has 1 aromatic heterocycles. The fraction of sp³-hybridized carbons (Fsp3) is 0.148. The van der Waals surface area contributed by atoms with E-state index in [2.05, 4.69) is 17.1 Å². The second-order valence-electron chi connectivity index (χ2n) is 8.24. The van der Waals surface area contributed by atoms with Gasteiger partial charge in [0.1, 0.15) is 5.82 Å². The van der Waals surface area contributed by atoms with Gasteiger partial charge in [0.05, 0.1) is 6.04 Å². The SMILES string of the molecule is O=C(/C=C/c1ccc(F)cc1)N1CCc2c([nH]c3ccccc23)C1c1ccc2c(c1)OCO2. The number of amides is 1. The first-order valence-corrected chi connectivity index (χ1v) is 10.9. The summed E-state index contributed by atoms with van der Waals surface area (Å²) < 4.78 is 24.3. The van der Waals surface area contributed by atoms with Gasteiger partial charge in [0.2, 0.25) is 12.7 Å². The van der Waals surface area contributed by atoms with Crippen molar-refractivity contribution in [3.05, 3.63) is 101 Å². The van der Waals surface area contributed by atoms with Crippen molar-refractivity contribution in [2.75, 3.05) is 13.3 Å². The van der Waals surface area contributed by atoms with Gasteiger partial charge >= 0.3 is 0 Å². The molecule has 3 heterocycles. The average molecular weight is 440 g/mol. The van der Waals surface area contributed by atoms with Crippen molar-refractivity contribution in [2.45, 2.75) is 12.5 Å². The number of fused-ring (bicyclic) bond motifs is 4. The van der Waals surface area contributed by atoms with Crippen LogP contribution in [0.15, 0.2) is 72.8 Å². The maximum Gasteiger partial charge on any atom is 0.247 e. The molecule has 1 atom stereocenters. The Morgan fingerprint density at radius 2 is 1.85 bits per heavy atom. The Labute approximate surface area is 190 Å². The topological polar surface area (TPSA) is 54.6 Å². The van der Waals surface area contributed by atoms with E-state index in [-0.39, 0.29) is 24.6 Å². The summed E-state index contributed by atoms with van der Waals surface area (Å²) in [5.41, 5.74) is 5.04. The molecular weight excluding hydrogens is 419 g/mol. The number of benzene rings is 3. The molecule has 6 rings (SSSR count). The van der Waals surface area contributed by atoms with E-state index in [0.29, 0.717) is 18.0 Å². The number of ether oxygens (including phenoxy) is 2. The first kappa shape index (κ1) is 19.6. The zero-order valence-electron chi connectivity index (χ0n) is 17.8. The molecule has 6 heteroatoms. The molecule has 0 saturated carbocycles. The van der Waals surface area contributed by atoms with Gasteiger partial charge in [-0.2, -0.15) is 0 Å². The van der Waals surface area contributed by atoms with Gasteiger partial charge in [0.15, 0.2) is 11.5 Å². The molecule has 2 aliphatic rings. The van der Waals surface area contributed by atoms with Gasteiger partial charge in [0, 0.05) is 29.2 Å². The predicted molar refractivity (Wildman–Crippen MR) is 124 cm³/mol. The molecule has 5 nitrogen and oxygen atoms in total. The van der Waals surface area contributed by atoms with Gasteiger partial charge in [0.25, 0.3) is 0 Å². The Morgan fingerprint density at radius 1 is 1.03 bits per heavy atom. The van der Waals surface area contributed by atoms with Crippen LogP contribution in [0, 0.1) is 5.82 Å². The number of nitrogens with zero attached hydrogens (tertiary/aromatic N) is 1. The number of carbonyl (C=O) groups excluding carboxylic acids is 1. The summed E-state index contributed by atoms with van der Waals surface area (Å²) >= 11 is 0. The van der Waals surface area contributed by atoms with Gasteiger partial charge in [-0.3, -0.25) is 4.79 Å². The van der Waals surface area contributed by atoms with E-state index in [1.165, 1.54) is 23.1 Å². The van der Waals surface area contributed by atoms with E-state index in [0.717, 1.165) is 28.8 Å². The Bertz CT molecular complexity index is 1390. The highest BCUT2D eigenvalue weighted by Crippen LogP contribution is 2.42. The molecule has 4 aromatic rings. The number of carbonyl (C=O) groups is 1. The van der Waals surface area contributed by atoms with Gasteiger partial charge in [-0.05, 0) is 59.5 Å². The summed E-state index contributed by atoms with van der Waals surface area (Å²) in [5.74, 6) is 0.987. The average Bonchev–Trinajstić information content (AvgIpc) is 3.46. The number of rotatable bonds is 3. The number of aromatic nitrogens is 1. The molecule has 164 valence electrons. The third-order valence-corrected chi connectivity index (χ3v) is 6.32. The number of nitrogens with one attached hydrogen (secondary N) is 1. The summed E-state index contributed by atoms with van der Waals surface area (Å²) in [5, 5.41) is 1.19. The molecule has 33 heavy (non-hydrogen) atoms. The largest absolute Gasteiger partial charge is 0.454 e. The minimum Gasteiger partial charge on any atom is -0.454 e. The van der Waals surface area contributed by atoms with Crippen LogP contribution in [0.3, 0.4) is 0 Å². The molecule has 1 unspecified atom stereocenters. The van der Waals surface area contributed by atoms with Crippen LogP contribution in [0.4, 0.5) is 4.39 Å². The number of aromatic amines is 1. The maximum absolute atomic E-state index is 13.4. The Morgan fingerprint density at radius 3 is 2.73 bits per heavy atom. The van der Waals surface area contributed by atoms with E-state index < -0.39 is 0 Å². The fourth-order valence-corrected chi connectivity index (χ4v) is 4.75. The smallest absolute Gasteiger partial charge is 0.247 e.